The Balaban J connectivity index is 0.000000322. The van der Waals surface area contributed by atoms with E-state index in [0.717, 1.165) is 65.7 Å². The molecule has 2 N–H and O–H groups in total. The molecule has 0 saturated heterocycles. The van der Waals surface area contributed by atoms with Gasteiger partial charge in [-0.2, -0.15) is 0 Å². The fourth-order valence-electron chi connectivity index (χ4n) is 9.16. The van der Waals surface area contributed by atoms with Crippen LogP contribution in [0.3, 0.4) is 0 Å². The van der Waals surface area contributed by atoms with E-state index >= 15 is 0 Å². The zero-order valence-corrected chi connectivity index (χ0v) is 27.1. The molecule has 5 unspecified atom stereocenters. The van der Waals surface area contributed by atoms with Crippen LogP contribution in [0.15, 0.2) is 60.8 Å². The van der Waals surface area contributed by atoms with E-state index in [1.165, 1.54) is 54.6 Å². The van der Waals surface area contributed by atoms with Crippen molar-refractivity contribution in [2.45, 2.75) is 111 Å². The molecule has 1 aromatic rings. The Morgan fingerprint density at radius 3 is 2.38 bits per heavy atom. The third-order valence-corrected chi connectivity index (χ3v) is 11.9. The molecule has 4 fully saturated rings. The predicted molar refractivity (Wildman–Crippen MR) is 179 cm³/mol. The van der Waals surface area contributed by atoms with Crippen LogP contribution in [-0.4, -0.2) is 16.9 Å². The minimum absolute atomic E-state index is 0.178. The first-order valence-electron chi connectivity index (χ1n) is 16.2. The minimum atomic E-state index is -0.178. The molecular weight excluding hydrogens is 504 g/mol. The first-order valence-corrected chi connectivity index (χ1v) is 16.6. The fourth-order valence-corrected chi connectivity index (χ4v) is 9.29. The quantitative estimate of drug-likeness (QED) is 0.220. The summed E-state index contributed by atoms with van der Waals surface area (Å²) in [7, 11) is 0. The van der Waals surface area contributed by atoms with Crippen LogP contribution in [0.2, 0.25) is 0 Å². The number of hydrogen-bond donors (Lipinski definition) is 2. The minimum Gasteiger partial charge on any atom is -0.384 e. The smallest absolute Gasteiger partial charge is 0.0660 e. The summed E-state index contributed by atoms with van der Waals surface area (Å²) in [6, 6.07) is 8.74. The maximum atomic E-state index is 5.79. The normalized spacial score (nSPS) is 33.5. The molecule has 3 bridgehead atoms. The summed E-state index contributed by atoms with van der Waals surface area (Å²) in [6.45, 7) is 21.8. The zero-order chi connectivity index (χ0) is 29.1. The van der Waals surface area contributed by atoms with E-state index in [1.807, 2.05) is 19.9 Å². The molecule has 0 radical (unpaired) electrons. The third-order valence-electron chi connectivity index (χ3n) is 11.4. The lowest BCUT2D eigenvalue weighted by Crippen LogP contribution is -2.48. The summed E-state index contributed by atoms with van der Waals surface area (Å²) >= 11 is 5.79. The average Bonchev–Trinajstić information content (AvgIpc) is 3.54. The van der Waals surface area contributed by atoms with E-state index in [2.05, 4.69) is 81.8 Å². The molecule has 6 atom stereocenters. The van der Waals surface area contributed by atoms with Gasteiger partial charge in [0.05, 0.1) is 5.54 Å². The van der Waals surface area contributed by atoms with Crippen molar-refractivity contribution >= 4 is 22.8 Å². The molecule has 2 nitrogen and oxygen atoms in total. The first kappa shape index (κ1) is 31.1. The second-order valence-corrected chi connectivity index (χ2v) is 14.2. The molecule has 1 aromatic carbocycles. The molecule has 4 saturated carbocycles. The van der Waals surface area contributed by atoms with E-state index in [-0.39, 0.29) is 5.54 Å². The Bertz CT molecular complexity index is 1080. The van der Waals surface area contributed by atoms with E-state index in [0.29, 0.717) is 5.92 Å². The highest BCUT2D eigenvalue weighted by Gasteiger charge is 2.68. The molecule has 220 valence electrons. The number of allylic oxidation sites excluding steroid dienone is 4. The summed E-state index contributed by atoms with van der Waals surface area (Å²) < 4.78 is 0. The lowest BCUT2D eigenvalue weighted by molar-refractivity contribution is -0.00168. The van der Waals surface area contributed by atoms with Gasteiger partial charge in [-0.3, -0.25) is 0 Å². The van der Waals surface area contributed by atoms with Gasteiger partial charge in [-0.15, -0.1) is 6.58 Å². The molecule has 4 aliphatic carbocycles. The Hall–Kier alpha value is -1.87. The summed E-state index contributed by atoms with van der Waals surface area (Å²) in [5.74, 6) is 5.43. The molecule has 3 heteroatoms. The highest BCUT2D eigenvalue weighted by Crippen LogP contribution is 2.77. The highest BCUT2D eigenvalue weighted by molar-refractivity contribution is 7.80. The van der Waals surface area contributed by atoms with Crippen molar-refractivity contribution in [2.24, 2.45) is 35.0 Å². The zero-order valence-electron chi connectivity index (χ0n) is 26.3. The molecule has 1 heterocycles. The van der Waals surface area contributed by atoms with E-state index in [4.69, 9.17) is 12.2 Å². The number of benzene rings is 1. The van der Waals surface area contributed by atoms with Crippen LogP contribution in [-0.2, 0) is 0 Å². The average molecular weight is 561 g/mol. The summed E-state index contributed by atoms with van der Waals surface area (Å²) in [6.07, 6.45) is 16.2. The maximum Gasteiger partial charge on any atom is 0.0660 e. The fraction of sp³-hybridized carbons (Fsp3) is 0.649. The van der Waals surface area contributed by atoms with Crippen molar-refractivity contribution in [1.82, 2.24) is 5.32 Å². The van der Waals surface area contributed by atoms with Crippen molar-refractivity contribution < 1.29 is 0 Å². The third kappa shape index (κ3) is 6.01. The Morgan fingerprint density at radius 1 is 1.12 bits per heavy atom. The number of rotatable bonds is 10. The lowest BCUT2D eigenvalue weighted by Gasteiger charge is -2.49. The van der Waals surface area contributed by atoms with Gasteiger partial charge in [0.25, 0.3) is 0 Å². The van der Waals surface area contributed by atoms with Crippen molar-refractivity contribution in [1.29, 1.82) is 0 Å². The lowest BCUT2D eigenvalue weighted by atomic mass is 9.56. The van der Waals surface area contributed by atoms with Crippen molar-refractivity contribution in [3.8, 4) is 0 Å². The van der Waals surface area contributed by atoms with Crippen molar-refractivity contribution in [3.05, 3.63) is 66.4 Å². The topological polar surface area (TPSA) is 24.1 Å². The number of para-hydroxylation sites is 1. The second kappa shape index (κ2) is 13.0. The van der Waals surface area contributed by atoms with Crippen LogP contribution in [0.4, 0.5) is 5.69 Å². The Labute approximate surface area is 251 Å². The van der Waals surface area contributed by atoms with Gasteiger partial charge in [0.2, 0.25) is 0 Å². The van der Waals surface area contributed by atoms with Gasteiger partial charge >= 0.3 is 0 Å². The first-order chi connectivity index (χ1) is 19.2. The number of anilines is 1. The number of hydrogen-bond acceptors (Lipinski definition) is 3. The molecule has 40 heavy (non-hydrogen) atoms. The van der Waals surface area contributed by atoms with Crippen LogP contribution in [0.5, 0.6) is 0 Å². The van der Waals surface area contributed by atoms with Crippen LogP contribution in [0.1, 0.15) is 111 Å². The van der Waals surface area contributed by atoms with E-state index in [1.54, 1.807) is 6.42 Å². The van der Waals surface area contributed by atoms with Crippen molar-refractivity contribution in [2.75, 3.05) is 11.9 Å². The van der Waals surface area contributed by atoms with Gasteiger partial charge in [0.15, 0.2) is 0 Å². The van der Waals surface area contributed by atoms with Crippen LogP contribution < -0.4 is 10.6 Å². The van der Waals surface area contributed by atoms with Gasteiger partial charge in [0.1, 0.15) is 0 Å². The predicted octanol–water partition coefficient (Wildman–Crippen LogP) is 10.2. The largest absolute Gasteiger partial charge is 0.384 e. The number of fused-ring (bicyclic) bond motifs is 3. The van der Waals surface area contributed by atoms with E-state index in [9.17, 15) is 0 Å². The van der Waals surface area contributed by atoms with Gasteiger partial charge in [0, 0.05) is 28.7 Å². The van der Waals surface area contributed by atoms with Gasteiger partial charge < -0.3 is 10.6 Å². The summed E-state index contributed by atoms with van der Waals surface area (Å²) in [4.78, 5) is 1.05. The summed E-state index contributed by atoms with van der Waals surface area (Å²) in [5.41, 5.74) is 6.03. The van der Waals surface area contributed by atoms with Crippen LogP contribution in [0, 0.1) is 35.0 Å². The van der Waals surface area contributed by atoms with Crippen LogP contribution in [0.25, 0.3) is 0 Å². The van der Waals surface area contributed by atoms with Gasteiger partial charge in [-0.25, -0.2) is 0 Å². The number of thiocarbonyl (C=S) groups is 1. The molecular formula is C37H56N2S. The van der Waals surface area contributed by atoms with Gasteiger partial charge in [-0.05, 0) is 132 Å². The Morgan fingerprint density at radius 2 is 1.77 bits per heavy atom. The second-order valence-electron chi connectivity index (χ2n) is 13.6. The molecule has 5 aliphatic rings. The van der Waals surface area contributed by atoms with E-state index < -0.39 is 0 Å². The highest BCUT2D eigenvalue weighted by atomic mass is 32.1. The monoisotopic (exact) mass is 560 g/mol. The van der Waals surface area contributed by atoms with Gasteiger partial charge in [-0.1, -0.05) is 68.6 Å². The molecule has 6 rings (SSSR count). The Kier molecular flexibility index (Phi) is 10.1. The summed E-state index contributed by atoms with van der Waals surface area (Å²) in [5, 5.41) is 7.45. The molecule has 1 spiro atoms. The SMILES string of the molecule is C=C(CC1C2CC3CC4CC1CC34C2)N[C@](C)(CC1CNc2ccccc21)C(C)=S.C=CCC/C(C)=C\C.CC. The molecule has 0 aromatic heterocycles. The number of nitrogens with one attached hydrogen (secondary N) is 2. The molecule has 0 amide bonds. The standard InChI is InChI=1S/C27H36N2S.C8H14.C2H6/c1-16(8-24-18-9-21-11-22-10-19(24)14-27(21,22)13-18)29-26(3,17(2)30)12-20-15-28-25-7-5-4-6-23(20)25;1-4-6-7-8(3)5-2;1-2/h4-7,18-22,24,28-29H,1,8-15H2,2-3H3;4-5H,1,6-7H2,2-3H3;1-2H3/b;8-5-;/t18?,19?,20?,21?,22?,24?,26-,27?;;/m1../s1. The van der Waals surface area contributed by atoms with Crippen molar-refractivity contribution in [3.63, 3.8) is 0 Å². The van der Waals surface area contributed by atoms with Crippen LogP contribution >= 0.6 is 12.2 Å². The maximum absolute atomic E-state index is 5.79. The molecule has 1 aliphatic heterocycles.